The van der Waals surface area contributed by atoms with Crippen LogP contribution in [0.2, 0.25) is 0 Å². The number of nitrogens with two attached hydrogens (primary N) is 1. The van der Waals surface area contributed by atoms with Crippen LogP contribution in [0.1, 0.15) is 10.6 Å². The number of hydrogen-bond donors (Lipinski definition) is 1. The van der Waals surface area contributed by atoms with Crippen molar-refractivity contribution >= 4 is 11.3 Å². The molecule has 0 fully saturated rings. The topological polar surface area (TPSA) is 57.4 Å². The number of hydrogen-bond acceptors (Lipinski definition) is 5. The molecule has 1 aromatic carbocycles. The molecule has 0 radical (unpaired) electrons. The highest BCUT2D eigenvalue weighted by atomic mass is 32.1. The summed E-state index contributed by atoms with van der Waals surface area (Å²) in [5.41, 5.74) is 8.41. The van der Waals surface area contributed by atoms with Gasteiger partial charge in [-0.15, -0.1) is 11.3 Å². The van der Waals surface area contributed by atoms with E-state index in [1.807, 2.05) is 24.4 Å². The molecular formula is C13H16N2O2S. The second kappa shape index (κ2) is 5.37. The largest absolute Gasteiger partial charge is 0.496 e. The van der Waals surface area contributed by atoms with Gasteiger partial charge in [0.05, 0.1) is 19.9 Å². The molecule has 4 nitrogen and oxygen atoms in total. The lowest BCUT2D eigenvalue weighted by Crippen LogP contribution is -1.97. The Labute approximate surface area is 110 Å². The molecule has 0 bridgehead atoms. The molecule has 0 atom stereocenters. The average molecular weight is 264 g/mol. The van der Waals surface area contributed by atoms with Crippen LogP contribution in [0.4, 0.5) is 0 Å². The highest BCUT2D eigenvalue weighted by Crippen LogP contribution is 2.37. The lowest BCUT2D eigenvalue weighted by Gasteiger charge is -2.13. The van der Waals surface area contributed by atoms with E-state index < -0.39 is 0 Å². The zero-order valence-corrected chi connectivity index (χ0v) is 11.5. The number of ether oxygens (including phenoxy) is 2. The van der Waals surface area contributed by atoms with Gasteiger partial charge in [0.15, 0.2) is 0 Å². The third-order valence-electron chi connectivity index (χ3n) is 2.78. The molecule has 96 valence electrons. The fourth-order valence-electron chi connectivity index (χ4n) is 1.89. The first-order valence-corrected chi connectivity index (χ1v) is 6.45. The summed E-state index contributed by atoms with van der Waals surface area (Å²) in [6.45, 7) is 2.43. The Morgan fingerprint density at radius 2 is 2.06 bits per heavy atom. The van der Waals surface area contributed by atoms with Gasteiger partial charge in [-0.3, -0.25) is 0 Å². The molecule has 0 spiro atoms. The lowest BCUT2D eigenvalue weighted by molar-refractivity contribution is 0.390. The van der Waals surface area contributed by atoms with E-state index in [2.05, 4.69) is 4.98 Å². The second-order valence-electron chi connectivity index (χ2n) is 3.80. The number of nitrogens with zero attached hydrogens (tertiary/aromatic N) is 1. The van der Waals surface area contributed by atoms with Gasteiger partial charge < -0.3 is 15.2 Å². The number of aromatic nitrogens is 1. The Morgan fingerprint density at radius 3 is 2.61 bits per heavy atom. The maximum absolute atomic E-state index is 5.58. The minimum atomic E-state index is 0.460. The molecule has 0 aliphatic heterocycles. The monoisotopic (exact) mass is 264 g/mol. The molecule has 1 heterocycles. The van der Waals surface area contributed by atoms with Gasteiger partial charge in [0.25, 0.3) is 0 Å². The van der Waals surface area contributed by atoms with Gasteiger partial charge in [-0.05, 0) is 19.1 Å². The van der Waals surface area contributed by atoms with Crippen molar-refractivity contribution in [2.45, 2.75) is 13.5 Å². The summed E-state index contributed by atoms with van der Waals surface area (Å²) in [5.74, 6) is 1.60. The summed E-state index contributed by atoms with van der Waals surface area (Å²) in [5, 5.41) is 2.91. The number of benzene rings is 1. The maximum atomic E-state index is 5.58. The normalized spacial score (nSPS) is 10.4. The standard InChI is InChI=1S/C13H16N2O2S/c1-8-11(16-2)5-4-9(13(8)17-3)10-7-18-12(6-14)15-10/h4-5,7H,6,14H2,1-3H3. The van der Waals surface area contributed by atoms with Gasteiger partial charge in [0, 0.05) is 23.1 Å². The molecule has 2 rings (SSSR count). The van der Waals surface area contributed by atoms with Crippen LogP contribution >= 0.6 is 11.3 Å². The molecule has 5 heteroatoms. The van der Waals surface area contributed by atoms with E-state index in [-0.39, 0.29) is 0 Å². The zero-order valence-electron chi connectivity index (χ0n) is 10.7. The Bertz CT molecular complexity index is 552. The predicted molar refractivity (Wildman–Crippen MR) is 73.3 cm³/mol. The van der Waals surface area contributed by atoms with E-state index in [4.69, 9.17) is 15.2 Å². The summed E-state index contributed by atoms with van der Waals surface area (Å²) in [7, 11) is 3.30. The highest BCUT2D eigenvalue weighted by Gasteiger charge is 2.14. The van der Waals surface area contributed by atoms with Crippen molar-refractivity contribution in [2.24, 2.45) is 5.73 Å². The van der Waals surface area contributed by atoms with Crippen LogP contribution in [0, 0.1) is 6.92 Å². The van der Waals surface area contributed by atoms with E-state index in [1.54, 1.807) is 25.6 Å². The lowest BCUT2D eigenvalue weighted by atomic mass is 10.1. The molecule has 2 aromatic rings. The van der Waals surface area contributed by atoms with Crippen LogP contribution in [0.15, 0.2) is 17.5 Å². The van der Waals surface area contributed by atoms with E-state index in [9.17, 15) is 0 Å². The maximum Gasteiger partial charge on any atom is 0.134 e. The van der Waals surface area contributed by atoms with Gasteiger partial charge in [-0.2, -0.15) is 0 Å². The van der Waals surface area contributed by atoms with Crippen molar-refractivity contribution in [1.82, 2.24) is 4.98 Å². The summed E-state index contributed by atoms with van der Waals surface area (Å²) >= 11 is 1.56. The molecule has 0 amide bonds. The first kappa shape index (κ1) is 12.9. The minimum Gasteiger partial charge on any atom is -0.496 e. The summed E-state index contributed by atoms with van der Waals surface area (Å²) in [4.78, 5) is 4.48. The Hall–Kier alpha value is -1.59. The van der Waals surface area contributed by atoms with Crippen LogP contribution in [0.5, 0.6) is 11.5 Å². The quantitative estimate of drug-likeness (QED) is 0.922. The zero-order chi connectivity index (χ0) is 13.1. The first-order chi connectivity index (χ1) is 8.71. The fraction of sp³-hybridized carbons (Fsp3) is 0.308. The Balaban J connectivity index is 2.53. The third-order valence-corrected chi connectivity index (χ3v) is 3.65. The van der Waals surface area contributed by atoms with Crippen LogP contribution in [0.25, 0.3) is 11.3 Å². The summed E-state index contributed by atoms with van der Waals surface area (Å²) < 4.78 is 10.8. The Kier molecular flexibility index (Phi) is 3.84. The number of thiazole rings is 1. The molecule has 2 N–H and O–H groups in total. The van der Waals surface area contributed by atoms with Crippen LogP contribution < -0.4 is 15.2 Å². The molecule has 0 saturated carbocycles. The van der Waals surface area contributed by atoms with E-state index in [1.165, 1.54) is 0 Å². The van der Waals surface area contributed by atoms with Gasteiger partial charge >= 0.3 is 0 Å². The van der Waals surface area contributed by atoms with Crippen LogP contribution in [-0.2, 0) is 6.54 Å². The molecular weight excluding hydrogens is 248 g/mol. The Morgan fingerprint density at radius 1 is 1.28 bits per heavy atom. The minimum absolute atomic E-state index is 0.460. The van der Waals surface area contributed by atoms with Gasteiger partial charge in [0.2, 0.25) is 0 Å². The SMILES string of the molecule is COc1ccc(-c2csc(CN)n2)c(OC)c1C. The van der Waals surface area contributed by atoms with Crippen molar-refractivity contribution in [1.29, 1.82) is 0 Å². The third kappa shape index (κ3) is 2.19. The smallest absolute Gasteiger partial charge is 0.134 e. The molecule has 0 unspecified atom stereocenters. The highest BCUT2D eigenvalue weighted by molar-refractivity contribution is 7.09. The van der Waals surface area contributed by atoms with E-state index in [0.29, 0.717) is 6.54 Å². The number of rotatable bonds is 4. The molecule has 0 saturated heterocycles. The van der Waals surface area contributed by atoms with E-state index in [0.717, 1.165) is 33.3 Å². The van der Waals surface area contributed by atoms with Crippen molar-refractivity contribution in [3.05, 3.63) is 28.1 Å². The predicted octanol–water partition coefficient (Wildman–Crippen LogP) is 2.59. The van der Waals surface area contributed by atoms with Crippen LogP contribution in [0.3, 0.4) is 0 Å². The summed E-state index contributed by atoms with van der Waals surface area (Å²) in [6.07, 6.45) is 0. The summed E-state index contributed by atoms with van der Waals surface area (Å²) in [6, 6.07) is 3.88. The van der Waals surface area contributed by atoms with Gasteiger partial charge in [0.1, 0.15) is 16.5 Å². The second-order valence-corrected chi connectivity index (χ2v) is 4.75. The molecule has 1 aromatic heterocycles. The first-order valence-electron chi connectivity index (χ1n) is 5.57. The van der Waals surface area contributed by atoms with Crippen molar-refractivity contribution < 1.29 is 9.47 Å². The molecule has 18 heavy (non-hydrogen) atoms. The van der Waals surface area contributed by atoms with Crippen LogP contribution in [-0.4, -0.2) is 19.2 Å². The van der Waals surface area contributed by atoms with Crippen molar-refractivity contribution in [3.63, 3.8) is 0 Å². The fourth-order valence-corrected chi connectivity index (χ4v) is 2.56. The average Bonchev–Trinajstić information content (AvgIpc) is 2.87. The van der Waals surface area contributed by atoms with Gasteiger partial charge in [-0.1, -0.05) is 0 Å². The number of methoxy groups -OCH3 is 2. The molecule has 0 aliphatic carbocycles. The molecule has 0 aliphatic rings. The van der Waals surface area contributed by atoms with Crippen molar-refractivity contribution in [3.8, 4) is 22.8 Å². The van der Waals surface area contributed by atoms with Crippen molar-refractivity contribution in [2.75, 3.05) is 14.2 Å². The van der Waals surface area contributed by atoms with Gasteiger partial charge in [-0.25, -0.2) is 4.98 Å². The van der Waals surface area contributed by atoms with E-state index >= 15 is 0 Å².